The molecular weight excluding hydrogens is 318 g/mol. The summed E-state index contributed by atoms with van der Waals surface area (Å²) in [7, 11) is 4.08. The Morgan fingerprint density at radius 1 is 0.846 bits per heavy atom. The fraction of sp³-hybridized carbons (Fsp3) is 0.125. The molecular formula is C24H21NO. The summed E-state index contributed by atoms with van der Waals surface area (Å²) in [5, 5.41) is 2.09. The van der Waals surface area contributed by atoms with Gasteiger partial charge in [-0.15, -0.1) is 0 Å². The van der Waals surface area contributed by atoms with Gasteiger partial charge < -0.3 is 4.90 Å². The van der Waals surface area contributed by atoms with Crippen LogP contribution < -0.4 is 0 Å². The molecule has 0 amide bonds. The zero-order chi connectivity index (χ0) is 18.1. The van der Waals surface area contributed by atoms with Gasteiger partial charge in [-0.25, -0.2) is 0 Å². The molecule has 26 heavy (non-hydrogen) atoms. The van der Waals surface area contributed by atoms with Crippen molar-refractivity contribution in [2.75, 3.05) is 14.1 Å². The number of benzene rings is 3. The average Bonchev–Trinajstić information content (AvgIpc) is 3.17. The number of fused-ring (bicyclic) bond motifs is 1. The van der Waals surface area contributed by atoms with Crippen LogP contribution in [-0.4, -0.2) is 24.8 Å². The van der Waals surface area contributed by atoms with Crippen molar-refractivity contribution in [3.05, 3.63) is 101 Å². The highest BCUT2D eigenvalue weighted by Crippen LogP contribution is 2.32. The topological polar surface area (TPSA) is 20.3 Å². The lowest BCUT2D eigenvalue weighted by molar-refractivity contribution is 0.104. The maximum Gasteiger partial charge on any atom is 0.194 e. The molecule has 0 aromatic heterocycles. The SMILES string of the molecule is CN(C)C1=CCC(c2ccccc2C(=O)c2cccc3ccccc23)=C1. The van der Waals surface area contributed by atoms with E-state index in [9.17, 15) is 4.79 Å². The number of hydrogen-bond donors (Lipinski definition) is 0. The number of likely N-dealkylation sites (N-methyl/N-ethyl adjacent to an activating group) is 1. The van der Waals surface area contributed by atoms with Gasteiger partial charge in [0.1, 0.15) is 0 Å². The largest absolute Gasteiger partial charge is 0.378 e. The Balaban J connectivity index is 1.80. The molecule has 3 aromatic rings. The van der Waals surface area contributed by atoms with Gasteiger partial charge in [0.2, 0.25) is 0 Å². The molecule has 0 saturated heterocycles. The van der Waals surface area contributed by atoms with Gasteiger partial charge in [0.05, 0.1) is 0 Å². The molecule has 0 bridgehead atoms. The minimum absolute atomic E-state index is 0.0802. The van der Waals surface area contributed by atoms with Crippen LogP contribution in [0.5, 0.6) is 0 Å². The van der Waals surface area contributed by atoms with Crippen molar-refractivity contribution in [2.24, 2.45) is 0 Å². The van der Waals surface area contributed by atoms with Crippen LogP contribution in [0.15, 0.2) is 84.6 Å². The summed E-state index contributed by atoms with van der Waals surface area (Å²) in [6, 6.07) is 21.9. The van der Waals surface area contributed by atoms with E-state index in [0.717, 1.165) is 33.9 Å². The number of carbonyl (C=O) groups is 1. The highest BCUT2D eigenvalue weighted by molar-refractivity contribution is 6.18. The van der Waals surface area contributed by atoms with E-state index in [2.05, 4.69) is 23.1 Å². The van der Waals surface area contributed by atoms with Crippen molar-refractivity contribution >= 4 is 22.1 Å². The molecule has 0 spiro atoms. The Hall–Kier alpha value is -3.13. The fourth-order valence-electron chi connectivity index (χ4n) is 3.54. The van der Waals surface area contributed by atoms with Gasteiger partial charge in [-0.05, 0) is 34.4 Å². The zero-order valence-electron chi connectivity index (χ0n) is 15.1. The van der Waals surface area contributed by atoms with Crippen LogP contribution in [0.1, 0.15) is 27.9 Å². The second-order valence-electron chi connectivity index (χ2n) is 6.80. The lowest BCUT2D eigenvalue weighted by Crippen LogP contribution is -2.08. The van der Waals surface area contributed by atoms with Crippen LogP contribution in [0.4, 0.5) is 0 Å². The Kier molecular flexibility index (Phi) is 4.18. The smallest absolute Gasteiger partial charge is 0.194 e. The maximum absolute atomic E-state index is 13.4. The van der Waals surface area contributed by atoms with E-state index in [1.54, 1.807) is 0 Å². The minimum Gasteiger partial charge on any atom is -0.378 e. The summed E-state index contributed by atoms with van der Waals surface area (Å²) in [5.41, 5.74) is 4.93. The van der Waals surface area contributed by atoms with Crippen molar-refractivity contribution < 1.29 is 4.79 Å². The van der Waals surface area contributed by atoms with E-state index in [1.165, 1.54) is 11.3 Å². The summed E-state index contributed by atoms with van der Waals surface area (Å²) in [6.07, 6.45) is 5.23. The maximum atomic E-state index is 13.4. The normalized spacial score (nSPS) is 13.5. The van der Waals surface area contributed by atoms with Gasteiger partial charge in [-0.3, -0.25) is 4.79 Å². The van der Waals surface area contributed by atoms with Crippen molar-refractivity contribution in [1.82, 2.24) is 4.90 Å². The second kappa shape index (κ2) is 6.64. The first-order valence-corrected chi connectivity index (χ1v) is 8.85. The lowest BCUT2D eigenvalue weighted by atomic mass is 9.91. The molecule has 0 saturated carbocycles. The molecule has 2 nitrogen and oxygen atoms in total. The fourth-order valence-corrected chi connectivity index (χ4v) is 3.54. The molecule has 0 fully saturated rings. The average molecular weight is 339 g/mol. The third kappa shape index (κ3) is 2.84. The van der Waals surface area contributed by atoms with Crippen LogP contribution in [0.3, 0.4) is 0 Å². The van der Waals surface area contributed by atoms with Crippen molar-refractivity contribution in [3.8, 4) is 0 Å². The highest BCUT2D eigenvalue weighted by Gasteiger charge is 2.19. The molecule has 0 aliphatic heterocycles. The number of nitrogens with zero attached hydrogens (tertiary/aromatic N) is 1. The summed E-state index contributed by atoms with van der Waals surface area (Å²) in [5.74, 6) is 0.0802. The van der Waals surface area contributed by atoms with Gasteiger partial charge in [-0.2, -0.15) is 0 Å². The zero-order valence-corrected chi connectivity index (χ0v) is 15.1. The molecule has 0 unspecified atom stereocenters. The Bertz CT molecular complexity index is 1050. The number of allylic oxidation sites excluding steroid dienone is 3. The van der Waals surface area contributed by atoms with Crippen LogP contribution in [-0.2, 0) is 0 Å². The molecule has 1 aliphatic rings. The van der Waals surface area contributed by atoms with Crippen LogP contribution >= 0.6 is 0 Å². The van der Waals surface area contributed by atoms with E-state index >= 15 is 0 Å². The van der Waals surface area contributed by atoms with Crippen LogP contribution in [0.2, 0.25) is 0 Å². The monoisotopic (exact) mass is 339 g/mol. The van der Waals surface area contributed by atoms with Crippen LogP contribution in [0, 0.1) is 0 Å². The predicted molar refractivity (Wildman–Crippen MR) is 108 cm³/mol. The minimum atomic E-state index is 0.0802. The van der Waals surface area contributed by atoms with Gasteiger partial charge >= 0.3 is 0 Å². The Labute approximate surface area is 154 Å². The standard InChI is InChI=1S/C24H21NO/c1-25(2)19-15-14-18(16-19)21-11-5-6-12-22(21)24(26)23-13-7-9-17-8-3-4-10-20(17)23/h3-13,15-16H,14H2,1-2H3. The quantitative estimate of drug-likeness (QED) is 0.601. The van der Waals surface area contributed by atoms with Crippen molar-refractivity contribution in [3.63, 3.8) is 0 Å². The van der Waals surface area contributed by atoms with Crippen molar-refractivity contribution in [2.45, 2.75) is 6.42 Å². The highest BCUT2D eigenvalue weighted by atomic mass is 16.1. The first-order valence-electron chi connectivity index (χ1n) is 8.85. The molecule has 0 N–H and O–H groups in total. The first kappa shape index (κ1) is 16.3. The summed E-state index contributed by atoms with van der Waals surface area (Å²) < 4.78 is 0. The Morgan fingerprint density at radius 2 is 1.54 bits per heavy atom. The van der Waals surface area contributed by atoms with Gasteiger partial charge in [0.15, 0.2) is 5.78 Å². The number of carbonyl (C=O) groups excluding carboxylic acids is 1. The molecule has 0 atom stereocenters. The summed E-state index contributed by atoms with van der Waals surface area (Å²) in [4.78, 5) is 15.5. The summed E-state index contributed by atoms with van der Waals surface area (Å²) >= 11 is 0. The number of ketones is 1. The van der Waals surface area contributed by atoms with Gasteiger partial charge in [0.25, 0.3) is 0 Å². The van der Waals surface area contributed by atoms with Gasteiger partial charge in [-0.1, -0.05) is 72.8 Å². The second-order valence-corrected chi connectivity index (χ2v) is 6.80. The van der Waals surface area contributed by atoms with E-state index in [0.29, 0.717) is 0 Å². The van der Waals surface area contributed by atoms with E-state index in [-0.39, 0.29) is 5.78 Å². The number of rotatable bonds is 4. The molecule has 0 radical (unpaired) electrons. The summed E-state index contributed by atoms with van der Waals surface area (Å²) in [6.45, 7) is 0. The Morgan fingerprint density at radius 3 is 2.35 bits per heavy atom. The van der Waals surface area contributed by atoms with Crippen molar-refractivity contribution in [1.29, 1.82) is 0 Å². The van der Waals surface area contributed by atoms with E-state index in [4.69, 9.17) is 0 Å². The third-order valence-electron chi connectivity index (χ3n) is 4.92. The molecule has 128 valence electrons. The molecule has 3 aromatic carbocycles. The van der Waals surface area contributed by atoms with Gasteiger partial charge in [0, 0.05) is 30.9 Å². The van der Waals surface area contributed by atoms with E-state index < -0.39 is 0 Å². The van der Waals surface area contributed by atoms with E-state index in [1.807, 2.05) is 74.8 Å². The predicted octanol–water partition coefficient (Wildman–Crippen LogP) is 5.30. The molecule has 0 heterocycles. The molecule has 2 heteroatoms. The molecule has 4 rings (SSSR count). The van der Waals surface area contributed by atoms with Crippen LogP contribution in [0.25, 0.3) is 16.3 Å². The lowest BCUT2D eigenvalue weighted by Gasteiger charge is -2.12. The molecule has 1 aliphatic carbocycles. The number of hydrogen-bond acceptors (Lipinski definition) is 2. The third-order valence-corrected chi connectivity index (χ3v) is 4.92. The first-order chi connectivity index (χ1) is 12.6.